The number of esters is 1. The molecule has 0 aliphatic carbocycles. The molecule has 0 N–H and O–H groups in total. The molecule has 2 aromatic carbocycles. The van der Waals surface area contributed by atoms with Crippen molar-refractivity contribution in [2.45, 2.75) is 6.42 Å². The average molecular weight is 309 g/mol. The lowest BCUT2D eigenvalue weighted by Crippen LogP contribution is -2.03. The molecule has 0 fully saturated rings. The van der Waals surface area contributed by atoms with E-state index in [2.05, 4.69) is 0 Å². The number of methoxy groups -OCH3 is 1. The van der Waals surface area contributed by atoms with Crippen LogP contribution < -0.4 is 0 Å². The molecule has 0 radical (unpaired) electrons. The minimum Gasteiger partial charge on any atom is -0.469 e. The van der Waals surface area contributed by atoms with Gasteiger partial charge in [-0.3, -0.25) is 4.79 Å². The van der Waals surface area contributed by atoms with Crippen molar-refractivity contribution < 1.29 is 9.53 Å². The Hall–Kier alpha value is -2.46. The number of rotatable bonds is 4. The Balaban J connectivity index is 2.07. The summed E-state index contributed by atoms with van der Waals surface area (Å²) < 4.78 is 4.80. The summed E-state index contributed by atoms with van der Waals surface area (Å²) in [6.45, 7) is 0. The predicted molar refractivity (Wildman–Crippen MR) is 88.7 cm³/mol. The molecule has 3 nitrogen and oxygen atoms in total. The van der Waals surface area contributed by atoms with Crippen molar-refractivity contribution in [3.63, 3.8) is 0 Å². The molecule has 3 rings (SSSR count). The van der Waals surface area contributed by atoms with Crippen molar-refractivity contribution in [1.29, 1.82) is 0 Å². The summed E-state index contributed by atoms with van der Waals surface area (Å²) in [4.78, 5) is 17.3. The summed E-state index contributed by atoms with van der Waals surface area (Å²) in [6.07, 6.45) is 0.241. The van der Waals surface area contributed by atoms with E-state index in [0.717, 1.165) is 26.7 Å². The van der Waals surface area contributed by atoms with Gasteiger partial charge in [0.25, 0.3) is 0 Å². The van der Waals surface area contributed by atoms with Crippen molar-refractivity contribution in [3.05, 3.63) is 65.5 Å². The molecule has 22 heavy (non-hydrogen) atoms. The zero-order valence-electron chi connectivity index (χ0n) is 12.2. The van der Waals surface area contributed by atoms with Gasteiger partial charge in [0.05, 0.1) is 19.2 Å². The third-order valence-corrected chi connectivity index (χ3v) is 4.40. The van der Waals surface area contributed by atoms with E-state index in [-0.39, 0.29) is 12.4 Å². The van der Waals surface area contributed by atoms with Crippen LogP contribution in [-0.2, 0) is 16.0 Å². The van der Waals surface area contributed by atoms with Gasteiger partial charge < -0.3 is 4.74 Å². The maximum atomic E-state index is 11.7. The van der Waals surface area contributed by atoms with Crippen molar-refractivity contribution in [2.75, 3.05) is 7.11 Å². The van der Waals surface area contributed by atoms with Gasteiger partial charge in [-0.05, 0) is 0 Å². The van der Waals surface area contributed by atoms with Gasteiger partial charge in [0.15, 0.2) is 0 Å². The molecular weight excluding hydrogens is 294 g/mol. The number of carbonyl (C=O) groups excluding carboxylic acids is 1. The quantitative estimate of drug-likeness (QED) is 0.678. The zero-order valence-corrected chi connectivity index (χ0v) is 13.0. The second-order valence-corrected chi connectivity index (χ2v) is 5.86. The molecule has 0 atom stereocenters. The van der Waals surface area contributed by atoms with E-state index >= 15 is 0 Å². The van der Waals surface area contributed by atoms with E-state index in [1.54, 1.807) is 0 Å². The first-order chi connectivity index (χ1) is 10.8. The molecule has 0 spiro atoms. The van der Waals surface area contributed by atoms with Crippen molar-refractivity contribution >= 4 is 17.3 Å². The Bertz CT molecular complexity index is 766. The summed E-state index contributed by atoms with van der Waals surface area (Å²) >= 11 is 1.54. The molecule has 4 heteroatoms. The number of hydrogen-bond acceptors (Lipinski definition) is 4. The number of benzene rings is 2. The fourth-order valence-corrected chi connectivity index (χ4v) is 3.28. The molecule has 1 aromatic heterocycles. The summed E-state index contributed by atoms with van der Waals surface area (Å²) in [5, 5.41) is 0.915. The smallest absolute Gasteiger partial charge is 0.310 e. The second-order valence-electron chi connectivity index (χ2n) is 4.78. The number of nitrogens with zero attached hydrogens (tertiary/aromatic N) is 1. The van der Waals surface area contributed by atoms with Crippen molar-refractivity contribution in [3.8, 4) is 21.8 Å². The van der Waals surface area contributed by atoms with E-state index in [4.69, 9.17) is 9.72 Å². The molecule has 0 unspecified atom stereocenters. The number of carbonyl (C=O) groups is 1. The van der Waals surface area contributed by atoms with E-state index in [1.165, 1.54) is 18.4 Å². The number of ether oxygens (including phenoxy) is 1. The fourth-order valence-electron chi connectivity index (χ4n) is 2.20. The van der Waals surface area contributed by atoms with Crippen LogP contribution in [0.4, 0.5) is 0 Å². The molecule has 0 aliphatic heterocycles. The molecular formula is C18H15NO2S. The van der Waals surface area contributed by atoms with Gasteiger partial charge in [-0.25, -0.2) is 4.98 Å². The Morgan fingerprint density at radius 1 is 1.00 bits per heavy atom. The van der Waals surface area contributed by atoms with E-state index < -0.39 is 0 Å². The SMILES string of the molecule is COC(=O)Cc1sc(-c2ccccc2)nc1-c1ccccc1. The van der Waals surface area contributed by atoms with Crippen molar-refractivity contribution in [1.82, 2.24) is 4.98 Å². The third kappa shape index (κ3) is 3.07. The molecule has 0 bridgehead atoms. The minimum atomic E-state index is -0.250. The van der Waals surface area contributed by atoms with Gasteiger partial charge in [-0.15, -0.1) is 11.3 Å². The van der Waals surface area contributed by atoms with Crippen molar-refractivity contribution in [2.24, 2.45) is 0 Å². The van der Waals surface area contributed by atoms with Gasteiger partial charge in [0, 0.05) is 16.0 Å². The fraction of sp³-hybridized carbons (Fsp3) is 0.111. The summed E-state index contributed by atoms with van der Waals surface area (Å²) in [6, 6.07) is 19.9. The molecule has 110 valence electrons. The van der Waals surface area contributed by atoms with Crippen LogP contribution in [0.15, 0.2) is 60.7 Å². The first-order valence-electron chi connectivity index (χ1n) is 6.95. The molecule has 0 aliphatic rings. The Kier molecular flexibility index (Phi) is 4.30. The molecule has 3 aromatic rings. The summed E-state index contributed by atoms with van der Waals surface area (Å²) in [5.74, 6) is -0.250. The van der Waals surface area contributed by atoms with Crippen LogP contribution in [0.5, 0.6) is 0 Å². The third-order valence-electron chi connectivity index (χ3n) is 3.30. The van der Waals surface area contributed by atoms with Crippen LogP contribution in [0, 0.1) is 0 Å². The first kappa shape index (κ1) is 14.5. The average Bonchev–Trinajstić information content (AvgIpc) is 3.00. The predicted octanol–water partition coefficient (Wildman–Crippen LogP) is 4.19. The van der Waals surface area contributed by atoms with Gasteiger partial charge in [-0.2, -0.15) is 0 Å². The summed E-state index contributed by atoms with van der Waals surface area (Å²) in [7, 11) is 1.41. The van der Waals surface area contributed by atoms with Gasteiger partial charge in [0.1, 0.15) is 5.01 Å². The lowest BCUT2D eigenvalue weighted by atomic mass is 10.1. The molecule has 1 heterocycles. The molecule has 0 saturated heterocycles. The normalized spacial score (nSPS) is 10.4. The van der Waals surface area contributed by atoms with Gasteiger partial charge >= 0.3 is 5.97 Å². The van der Waals surface area contributed by atoms with E-state index in [0.29, 0.717) is 0 Å². The maximum Gasteiger partial charge on any atom is 0.310 e. The highest BCUT2D eigenvalue weighted by atomic mass is 32.1. The molecule has 0 saturated carbocycles. The topological polar surface area (TPSA) is 39.2 Å². The highest BCUT2D eigenvalue weighted by Crippen LogP contribution is 2.34. The Labute approximate surface area is 133 Å². The van der Waals surface area contributed by atoms with E-state index in [9.17, 15) is 4.79 Å². The van der Waals surface area contributed by atoms with Gasteiger partial charge in [-0.1, -0.05) is 60.7 Å². The lowest BCUT2D eigenvalue weighted by Gasteiger charge is -2.01. The van der Waals surface area contributed by atoms with Crippen LogP contribution >= 0.6 is 11.3 Å². The second kappa shape index (κ2) is 6.54. The van der Waals surface area contributed by atoms with E-state index in [1.807, 2.05) is 60.7 Å². The minimum absolute atomic E-state index is 0.241. The summed E-state index contributed by atoms with van der Waals surface area (Å²) in [5.41, 5.74) is 2.93. The van der Waals surface area contributed by atoms with Crippen LogP contribution in [-0.4, -0.2) is 18.1 Å². The number of aromatic nitrogens is 1. The van der Waals surface area contributed by atoms with Crippen LogP contribution in [0.2, 0.25) is 0 Å². The Morgan fingerprint density at radius 3 is 2.18 bits per heavy atom. The Morgan fingerprint density at radius 2 is 1.59 bits per heavy atom. The maximum absolute atomic E-state index is 11.7. The highest BCUT2D eigenvalue weighted by Gasteiger charge is 2.17. The van der Waals surface area contributed by atoms with Gasteiger partial charge in [0.2, 0.25) is 0 Å². The first-order valence-corrected chi connectivity index (χ1v) is 7.77. The molecule has 0 amide bonds. The number of thiazole rings is 1. The van der Waals surface area contributed by atoms with Crippen LogP contribution in [0.1, 0.15) is 4.88 Å². The zero-order chi connectivity index (χ0) is 15.4. The monoisotopic (exact) mass is 309 g/mol. The highest BCUT2D eigenvalue weighted by molar-refractivity contribution is 7.15. The largest absolute Gasteiger partial charge is 0.469 e. The van der Waals surface area contributed by atoms with Crippen LogP contribution in [0.25, 0.3) is 21.8 Å². The number of hydrogen-bond donors (Lipinski definition) is 0. The lowest BCUT2D eigenvalue weighted by molar-refractivity contribution is -0.139. The standard InChI is InChI=1S/C18H15NO2S/c1-21-16(20)12-15-17(13-8-4-2-5-9-13)19-18(22-15)14-10-6-3-7-11-14/h2-11H,12H2,1H3. The van der Waals surface area contributed by atoms with Crippen LogP contribution in [0.3, 0.4) is 0 Å².